The minimum Gasteiger partial charge on any atom is -0.349 e. The first-order valence-electron chi connectivity index (χ1n) is 6.21. The molecule has 1 aliphatic rings. The van der Waals surface area contributed by atoms with Crippen LogP contribution in [0.5, 0.6) is 0 Å². The Balaban J connectivity index is 1.94. The highest BCUT2D eigenvalue weighted by Crippen LogP contribution is 2.38. The lowest BCUT2D eigenvalue weighted by molar-refractivity contribution is -0.123. The van der Waals surface area contributed by atoms with E-state index < -0.39 is 0 Å². The molecule has 1 amide bonds. The second-order valence-corrected chi connectivity index (χ2v) is 5.00. The van der Waals surface area contributed by atoms with Crippen molar-refractivity contribution in [2.24, 2.45) is 17.6 Å². The summed E-state index contributed by atoms with van der Waals surface area (Å²) in [4.78, 5) is 11.8. The minimum absolute atomic E-state index is 0.0714. The van der Waals surface area contributed by atoms with Gasteiger partial charge in [0.1, 0.15) is 0 Å². The zero-order valence-corrected chi connectivity index (χ0v) is 10.4. The summed E-state index contributed by atoms with van der Waals surface area (Å²) in [7, 11) is 0. The average Bonchev–Trinajstić information content (AvgIpc) is 3.06. The Morgan fingerprint density at radius 3 is 2.53 bits per heavy atom. The van der Waals surface area contributed by atoms with E-state index in [9.17, 15) is 4.79 Å². The van der Waals surface area contributed by atoms with E-state index in [1.165, 1.54) is 0 Å². The highest BCUT2D eigenvalue weighted by atomic mass is 16.2. The van der Waals surface area contributed by atoms with E-state index >= 15 is 0 Å². The number of nitrogens with one attached hydrogen (secondary N) is 1. The summed E-state index contributed by atoms with van der Waals surface area (Å²) in [6.07, 6.45) is 1.03. The first-order valence-corrected chi connectivity index (χ1v) is 6.21. The minimum atomic E-state index is 0.0714. The maximum atomic E-state index is 11.8. The summed E-state index contributed by atoms with van der Waals surface area (Å²) in [5.74, 6) is 0.982. The van der Waals surface area contributed by atoms with Gasteiger partial charge in [-0.2, -0.15) is 0 Å². The molecule has 2 rings (SSSR count). The fourth-order valence-corrected chi connectivity index (χ4v) is 2.03. The lowest BCUT2D eigenvalue weighted by Gasteiger charge is -2.14. The van der Waals surface area contributed by atoms with Crippen LogP contribution in [0.15, 0.2) is 24.3 Å². The van der Waals surface area contributed by atoms with Crippen LogP contribution in [0.2, 0.25) is 0 Å². The van der Waals surface area contributed by atoms with Crippen molar-refractivity contribution in [3.8, 4) is 0 Å². The van der Waals surface area contributed by atoms with E-state index in [2.05, 4.69) is 12.2 Å². The molecule has 0 aromatic heterocycles. The third-order valence-corrected chi connectivity index (χ3v) is 3.52. The van der Waals surface area contributed by atoms with Gasteiger partial charge in [-0.3, -0.25) is 4.79 Å². The van der Waals surface area contributed by atoms with Gasteiger partial charge in [-0.05, 0) is 30.4 Å². The predicted molar refractivity (Wildman–Crippen MR) is 68.2 cm³/mol. The molecule has 0 aliphatic heterocycles. The van der Waals surface area contributed by atoms with Gasteiger partial charge in [0.15, 0.2) is 0 Å². The van der Waals surface area contributed by atoms with Gasteiger partial charge in [-0.1, -0.05) is 31.2 Å². The maximum Gasteiger partial charge on any atom is 0.223 e. The molecule has 0 radical (unpaired) electrons. The van der Waals surface area contributed by atoms with E-state index in [0.717, 1.165) is 17.5 Å². The van der Waals surface area contributed by atoms with Crippen LogP contribution in [0.4, 0.5) is 0 Å². The van der Waals surface area contributed by atoms with E-state index in [-0.39, 0.29) is 17.9 Å². The maximum absolute atomic E-state index is 11.8. The van der Waals surface area contributed by atoms with Crippen molar-refractivity contribution < 1.29 is 4.79 Å². The quantitative estimate of drug-likeness (QED) is 0.834. The van der Waals surface area contributed by atoms with Gasteiger partial charge < -0.3 is 11.1 Å². The van der Waals surface area contributed by atoms with Gasteiger partial charge in [-0.15, -0.1) is 0 Å². The fraction of sp³-hybridized carbons (Fsp3) is 0.500. The molecule has 1 aliphatic carbocycles. The van der Waals surface area contributed by atoms with Crippen molar-refractivity contribution in [1.82, 2.24) is 5.32 Å². The Morgan fingerprint density at radius 2 is 2.06 bits per heavy atom. The molecule has 0 heterocycles. The van der Waals surface area contributed by atoms with Crippen molar-refractivity contribution in [2.75, 3.05) is 0 Å². The van der Waals surface area contributed by atoms with Crippen molar-refractivity contribution in [3.05, 3.63) is 35.4 Å². The SMILES string of the molecule is CC(NC(=O)C1CC1C)c1ccc(CN)cc1. The molecule has 3 atom stereocenters. The Kier molecular flexibility index (Phi) is 3.48. The lowest BCUT2D eigenvalue weighted by atomic mass is 10.1. The van der Waals surface area contributed by atoms with Crippen LogP contribution in [-0.4, -0.2) is 5.91 Å². The normalized spacial score (nSPS) is 24.2. The molecular weight excluding hydrogens is 212 g/mol. The monoisotopic (exact) mass is 232 g/mol. The molecule has 92 valence electrons. The van der Waals surface area contributed by atoms with Gasteiger partial charge in [0.25, 0.3) is 0 Å². The molecule has 3 nitrogen and oxygen atoms in total. The first kappa shape index (κ1) is 12.1. The summed E-state index contributed by atoms with van der Waals surface area (Å²) in [6, 6.07) is 8.16. The van der Waals surface area contributed by atoms with Gasteiger partial charge in [0.05, 0.1) is 6.04 Å². The molecule has 3 heteroatoms. The zero-order valence-electron chi connectivity index (χ0n) is 10.4. The molecule has 3 N–H and O–H groups in total. The second kappa shape index (κ2) is 4.88. The third-order valence-electron chi connectivity index (χ3n) is 3.52. The summed E-state index contributed by atoms with van der Waals surface area (Å²) >= 11 is 0. The Labute approximate surface area is 102 Å². The zero-order chi connectivity index (χ0) is 12.4. The molecule has 3 unspecified atom stereocenters. The smallest absolute Gasteiger partial charge is 0.223 e. The largest absolute Gasteiger partial charge is 0.349 e. The van der Waals surface area contributed by atoms with E-state index in [1.54, 1.807) is 0 Å². The summed E-state index contributed by atoms with van der Waals surface area (Å²) in [6.45, 7) is 4.69. The van der Waals surface area contributed by atoms with Crippen LogP contribution in [0.1, 0.15) is 37.4 Å². The van der Waals surface area contributed by atoms with Crippen LogP contribution < -0.4 is 11.1 Å². The van der Waals surface area contributed by atoms with Crippen molar-refractivity contribution in [3.63, 3.8) is 0 Å². The van der Waals surface area contributed by atoms with Gasteiger partial charge >= 0.3 is 0 Å². The third kappa shape index (κ3) is 2.86. The molecule has 0 saturated heterocycles. The highest BCUT2D eigenvalue weighted by molar-refractivity contribution is 5.81. The van der Waals surface area contributed by atoms with Gasteiger partial charge in [0.2, 0.25) is 5.91 Å². The number of hydrogen-bond acceptors (Lipinski definition) is 2. The first-order chi connectivity index (χ1) is 8.11. The molecule has 1 saturated carbocycles. The summed E-state index contributed by atoms with van der Waals surface area (Å²) in [5.41, 5.74) is 7.79. The topological polar surface area (TPSA) is 55.1 Å². The van der Waals surface area contributed by atoms with Crippen molar-refractivity contribution in [2.45, 2.75) is 32.9 Å². The summed E-state index contributed by atoms with van der Waals surface area (Å²) in [5, 5.41) is 3.06. The fourth-order valence-electron chi connectivity index (χ4n) is 2.03. The van der Waals surface area contributed by atoms with E-state index in [1.807, 2.05) is 31.2 Å². The van der Waals surface area contributed by atoms with Crippen LogP contribution in [0, 0.1) is 11.8 Å². The summed E-state index contributed by atoms with van der Waals surface area (Å²) < 4.78 is 0. The Bertz CT molecular complexity index is 399. The molecule has 17 heavy (non-hydrogen) atoms. The Hall–Kier alpha value is -1.35. The number of amides is 1. The van der Waals surface area contributed by atoms with Crippen LogP contribution >= 0.6 is 0 Å². The van der Waals surface area contributed by atoms with Gasteiger partial charge in [-0.25, -0.2) is 0 Å². The van der Waals surface area contributed by atoms with Crippen molar-refractivity contribution >= 4 is 5.91 Å². The molecule has 1 aromatic carbocycles. The molecular formula is C14H20N2O. The molecule has 0 bridgehead atoms. The number of rotatable bonds is 4. The average molecular weight is 232 g/mol. The van der Waals surface area contributed by atoms with Crippen LogP contribution in [0.3, 0.4) is 0 Å². The van der Waals surface area contributed by atoms with E-state index in [0.29, 0.717) is 12.5 Å². The van der Waals surface area contributed by atoms with Crippen LogP contribution in [0.25, 0.3) is 0 Å². The number of nitrogens with two attached hydrogens (primary N) is 1. The molecule has 1 aromatic rings. The number of carbonyl (C=O) groups is 1. The predicted octanol–water partition coefficient (Wildman–Crippen LogP) is 1.98. The Morgan fingerprint density at radius 1 is 1.47 bits per heavy atom. The van der Waals surface area contributed by atoms with Crippen LogP contribution in [-0.2, 0) is 11.3 Å². The van der Waals surface area contributed by atoms with Crippen molar-refractivity contribution in [1.29, 1.82) is 0 Å². The molecule has 1 fully saturated rings. The van der Waals surface area contributed by atoms with E-state index in [4.69, 9.17) is 5.73 Å². The molecule has 0 spiro atoms. The van der Waals surface area contributed by atoms with Gasteiger partial charge in [0, 0.05) is 12.5 Å². The second-order valence-electron chi connectivity index (χ2n) is 5.00. The number of carbonyl (C=O) groups excluding carboxylic acids is 1. The number of hydrogen-bond donors (Lipinski definition) is 2. The highest BCUT2D eigenvalue weighted by Gasteiger charge is 2.39. The lowest BCUT2D eigenvalue weighted by Crippen LogP contribution is -2.28. The number of benzene rings is 1. The standard InChI is InChI=1S/C14H20N2O/c1-9-7-13(9)14(17)16-10(2)12-5-3-11(8-15)4-6-12/h3-6,9-10,13H,7-8,15H2,1-2H3,(H,16,17).